The van der Waals surface area contributed by atoms with E-state index in [2.05, 4.69) is 10.6 Å². The molecule has 32 heavy (non-hydrogen) atoms. The maximum absolute atomic E-state index is 15.1. The first-order chi connectivity index (χ1) is 15.4. The summed E-state index contributed by atoms with van der Waals surface area (Å²) in [6.07, 6.45) is 2.48. The summed E-state index contributed by atoms with van der Waals surface area (Å²) in [5.74, 6) is -1.83. The molecule has 1 aliphatic heterocycles. The van der Waals surface area contributed by atoms with Crippen molar-refractivity contribution in [1.29, 1.82) is 0 Å². The number of methoxy groups -OCH3 is 1. The predicted molar refractivity (Wildman–Crippen MR) is 124 cm³/mol. The number of thioether (sulfide) groups is 2. The van der Waals surface area contributed by atoms with E-state index in [9.17, 15) is 14.4 Å². The smallest absolute Gasteiger partial charge is 0.336 e. The van der Waals surface area contributed by atoms with E-state index >= 15 is 4.39 Å². The van der Waals surface area contributed by atoms with Gasteiger partial charge in [0.2, 0.25) is 6.41 Å². The maximum Gasteiger partial charge on any atom is 0.336 e. The Morgan fingerprint density at radius 3 is 2.66 bits per heavy atom. The summed E-state index contributed by atoms with van der Waals surface area (Å²) in [6, 6.07) is 4.61. The molecule has 10 heteroatoms. The lowest BCUT2D eigenvalue weighted by molar-refractivity contribution is -0.139. The van der Waals surface area contributed by atoms with Crippen LogP contribution in [0, 0.1) is 5.82 Å². The first kappa shape index (κ1) is 25.8. The van der Waals surface area contributed by atoms with E-state index in [-0.39, 0.29) is 23.3 Å². The Labute approximate surface area is 195 Å². The van der Waals surface area contributed by atoms with E-state index < -0.39 is 23.7 Å². The predicted octanol–water partition coefficient (Wildman–Crippen LogP) is 2.98. The average molecular weight is 483 g/mol. The number of hydrogen-bond donors (Lipinski definition) is 2. The molecule has 1 aliphatic rings. The third-order valence-electron chi connectivity index (χ3n) is 4.78. The second kappa shape index (κ2) is 12.5. The van der Waals surface area contributed by atoms with E-state index in [1.165, 1.54) is 36.7 Å². The van der Waals surface area contributed by atoms with Gasteiger partial charge < -0.3 is 20.1 Å². The van der Waals surface area contributed by atoms with Crippen LogP contribution in [0.25, 0.3) is 0 Å². The number of ether oxygens (including phenoxy) is 2. The van der Waals surface area contributed by atoms with Crippen LogP contribution in [-0.2, 0) is 23.9 Å². The van der Waals surface area contributed by atoms with Gasteiger partial charge in [-0.1, -0.05) is 0 Å². The number of rotatable bonds is 11. The van der Waals surface area contributed by atoms with E-state index in [4.69, 9.17) is 9.47 Å². The van der Waals surface area contributed by atoms with Gasteiger partial charge in [-0.2, -0.15) is 11.8 Å². The molecular weight excluding hydrogens is 455 g/mol. The maximum atomic E-state index is 15.1. The van der Waals surface area contributed by atoms with Crippen LogP contribution < -0.4 is 10.6 Å². The van der Waals surface area contributed by atoms with Gasteiger partial charge in [-0.25, -0.2) is 14.0 Å². The highest BCUT2D eigenvalue weighted by Crippen LogP contribution is 2.41. The Morgan fingerprint density at radius 2 is 2.03 bits per heavy atom. The van der Waals surface area contributed by atoms with Gasteiger partial charge in [0.05, 0.1) is 30.8 Å². The molecule has 1 aromatic carbocycles. The second-order valence-corrected chi connectivity index (χ2v) is 8.70. The number of dihydropyridines is 1. The van der Waals surface area contributed by atoms with Gasteiger partial charge >= 0.3 is 11.9 Å². The minimum atomic E-state index is -0.987. The summed E-state index contributed by atoms with van der Waals surface area (Å²) in [5.41, 5.74) is 1.54. The number of allylic oxidation sites excluding steroid dienone is 1. The minimum absolute atomic E-state index is 0.127. The van der Waals surface area contributed by atoms with E-state index in [0.717, 1.165) is 4.90 Å². The van der Waals surface area contributed by atoms with Crippen molar-refractivity contribution >= 4 is 41.9 Å². The third-order valence-corrected chi connectivity index (χ3v) is 6.49. The molecule has 1 heterocycles. The lowest BCUT2D eigenvalue weighted by Crippen LogP contribution is -2.34. The number of nitrogens with one attached hydrogen (secondary N) is 2. The second-order valence-electron chi connectivity index (χ2n) is 6.71. The van der Waals surface area contributed by atoms with Crippen LogP contribution in [0.2, 0.25) is 0 Å². The number of hydrogen-bond acceptors (Lipinski definition) is 8. The van der Waals surface area contributed by atoms with E-state index in [0.29, 0.717) is 35.9 Å². The molecule has 7 nitrogen and oxygen atoms in total. The van der Waals surface area contributed by atoms with Crippen molar-refractivity contribution in [3.63, 3.8) is 0 Å². The molecule has 0 saturated carbocycles. The van der Waals surface area contributed by atoms with Crippen LogP contribution in [-0.4, -0.2) is 56.4 Å². The molecule has 2 N–H and O–H groups in total. The van der Waals surface area contributed by atoms with Crippen molar-refractivity contribution in [2.45, 2.75) is 24.7 Å². The topological polar surface area (TPSA) is 93.7 Å². The first-order valence-corrected chi connectivity index (χ1v) is 12.3. The number of esters is 2. The molecule has 0 radical (unpaired) electrons. The van der Waals surface area contributed by atoms with Gasteiger partial charge in [-0.05, 0) is 38.3 Å². The molecule has 0 aliphatic carbocycles. The van der Waals surface area contributed by atoms with Crippen LogP contribution in [0.1, 0.15) is 25.3 Å². The first-order valence-electron chi connectivity index (χ1n) is 9.93. The molecule has 1 amide bonds. The van der Waals surface area contributed by atoms with Gasteiger partial charge in [0.25, 0.3) is 0 Å². The zero-order valence-electron chi connectivity index (χ0n) is 18.5. The standard InChI is InChI=1S/C22H27FN2O5S2/c1-5-30-22(28)20-17(11-32-9-8-24-12-26)25-13(2)18(21(27)29-3)19(20)15-10-14(31-4)6-7-16(15)23/h6-7,10,12,19,25H,5,8-9,11H2,1-4H3,(H,24,26). The van der Waals surface area contributed by atoms with Crippen molar-refractivity contribution in [1.82, 2.24) is 10.6 Å². The molecule has 0 bridgehead atoms. The van der Waals surface area contributed by atoms with Gasteiger partial charge in [0, 0.05) is 39.9 Å². The molecule has 0 fully saturated rings. The molecular formula is C22H27FN2O5S2. The molecule has 0 spiro atoms. The molecule has 2 rings (SSSR count). The van der Waals surface area contributed by atoms with Crippen molar-refractivity contribution in [3.05, 3.63) is 52.1 Å². The Morgan fingerprint density at radius 1 is 1.28 bits per heavy atom. The van der Waals surface area contributed by atoms with Crippen LogP contribution in [0.5, 0.6) is 0 Å². The zero-order valence-corrected chi connectivity index (χ0v) is 20.1. The lowest BCUT2D eigenvalue weighted by atomic mass is 9.80. The Hall–Kier alpha value is -2.46. The zero-order chi connectivity index (χ0) is 23.7. The van der Waals surface area contributed by atoms with Gasteiger partial charge in [0.1, 0.15) is 5.82 Å². The van der Waals surface area contributed by atoms with Gasteiger partial charge in [0.15, 0.2) is 0 Å². The number of carbonyl (C=O) groups is 3. The summed E-state index contributed by atoms with van der Waals surface area (Å²) in [5, 5.41) is 5.71. The summed E-state index contributed by atoms with van der Waals surface area (Å²) in [7, 11) is 1.24. The number of amides is 1. The molecule has 174 valence electrons. The number of halogens is 1. The van der Waals surface area contributed by atoms with E-state index in [1.807, 2.05) is 6.26 Å². The fourth-order valence-electron chi connectivity index (χ4n) is 3.39. The summed E-state index contributed by atoms with van der Waals surface area (Å²) < 4.78 is 25.3. The average Bonchev–Trinajstić information content (AvgIpc) is 2.78. The number of benzene rings is 1. The van der Waals surface area contributed by atoms with Crippen molar-refractivity contribution in [3.8, 4) is 0 Å². The summed E-state index contributed by atoms with van der Waals surface area (Å²) in [6.45, 7) is 3.96. The van der Waals surface area contributed by atoms with Crippen molar-refractivity contribution < 1.29 is 28.2 Å². The minimum Gasteiger partial charge on any atom is -0.466 e. The fraction of sp³-hybridized carbons (Fsp3) is 0.409. The van der Waals surface area contributed by atoms with E-state index in [1.54, 1.807) is 26.0 Å². The van der Waals surface area contributed by atoms with Crippen LogP contribution in [0.4, 0.5) is 4.39 Å². The Kier molecular flexibility index (Phi) is 10.1. The molecule has 1 unspecified atom stereocenters. The van der Waals surface area contributed by atoms with Crippen LogP contribution in [0.3, 0.4) is 0 Å². The normalized spacial score (nSPS) is 15.8. The third kappa shape index (κ3) is 6.07. The molecule has 0 saturated heterocycles. The highest BCUT2D eigenvalue weighted by atomic mass is 32.2. The molecule has 1 atom stereocenters. The quantitative estimate of drug-likeness (QED) is 0.215. The summed E-state index contributed by atoms with van der Waals surface area (Å²) in [4.78, 5) is 37.0. The Bertz CT molecular complexity index is 933. The number of carbonyl (C=O) groups excluding carboxylic acids is 3. The van der Waals surface area contributed by atoms with Crippen LogP contribution in [0.15, 0.2) is 45.6 Å². The van der Waals surface area contributed by atoms with Crippen LogP contribution >= 0.6 is 23.5 Å². The van der Waals surface area contributed by atoms with Gasteiger partial charge in [-0.3, -0.25) is 4.79 Å². The van der Waals surface area contributed by atoms with Crippen molar-refractivity contribution in [2.75, 3.05) is 38.0 Å². The SMILES string of the molecule is CCOC(=O)C1=C(CSCCNC=O)NC(C)=C(C(=O)OC)C1c1cc(SC)ccc1F. The van der Waals surface area contributed by atoms with Gasteiger partial charge in [-0.15, -0.1) is 11.8 Å². The highest BCUT2D eigenvalue weighted by molar-refractivity contribution is 7.99. The lowest BCUT2D eigenvalue weighted by Gasteiger charge is -2.31. The molecule has 0 aromatic heterocycles. The highest BCUT2D eigenvalue weighted by Gasteiger charge is 2.40. The Balaban J connectivity index is 2.64. The summed E-state index contributed by atoms with van der Waals surface area (Å²) >= 11 is 2.91. The largest absolute Gasteiger partial charge is 0.466 e. The fourth-order valence-corrected chi connectivity index (χ4v) is 4.67. The monoisotopic (exact) mass is 482 g/mol. The molecule has 1 aromatic rings. The van der Waals surface area contributed by atoms with Crippen molar-refractivity contribution in [2.24, 2.45) is 0 Å².